The van der Waals surface area contributed by atoms with Crippen LogP contribution in [0.15, 0.2) is 48.5 Å². The zero-order chi connectivity index (χ0) is 19.3. The Bertz CT molecular complexity index is 966. The number of aryl methyl sites for hydroxylation is 1. The topological polar surface area (TPSA) is 91.2 Å². The lowest BCUT2D eigenvalue weighted by atomic mass is 10.2. The molecule has 1 atom stereocenters. The van der Waals surface area contributed by atoms with Crippen molar-refractivity contribution >= 4 is 11.6 Å². The Hall–Kier alpha value is -3.26. The molecule has 0 aliphatic carbocycles. The minimum atomic E-state index is -0.215. The SMILES string of the molecule is Cc1nnnn1-c1cccc(NC(=O)c2cccc(OCC3CCCO3)c2)c1. The average molecular weight is 379 g/mol. The second kappa shape index (κ2) is 8.18. The van der Waals surface area contributed by atoms with Crippen molar-refractivity contribution in [2.45, 2.75) is 25.9 Å². The molecule has 144 valence electrons. The molecule has 1 unspecified atom stereocenters. The van der Waals surface area contributed by atoms with Crippen LogP contribution in [0.4, 0.5) is 5.69 Å². The molecule has 3 aromatic rings. The Morgan fingerprint density at radius 1 is 1.29 bits per heavy atom. The highest BCUT2D eigenvalue weighted by molar-refractivity contribution is 6.04. The van der Waals surface area contributed by atoms with Gasteiger partial charge in [0.25, 0.3) is 5.91 Å². The van der Waals surface area contributed by atoms with Crippen LogP contribution >= 0.6 is 0 Å². The second-order valence-corrected chi connectivity index (χ2v) is 6.62. The summed E-state index contributed by atoms with van der Waals surface area (Å²) in [5.41, 5.74) is 1.95. The number of carbonyl (C=O) groups excluding carboxylic acids is 1. The Kier molecular flexibility index (Phi) is 5.29. The number of anilines is 1. The standard InChI is InChI=1S/C20H21N5O3/c1-14-22-23-24-25(14)17-7-3-6-16(12-17)21-20(26)15-5-2-8-18(11-15)28-13-19-9-4-10-27-19/h2-3,5-8,11-12,19H,4,9-10,13H2,1H3,(H,21,26). The van der Waals surface area contributed by atoms with Gasteiger partial charge in [-0.3, -0.25) is 4.79 Å². The van der Waals surface area contributed by atoms with E-state index >= 15 is 0 Å². The number of amides is 1. The van der Waals surface area contributed by atoms with E-state index in [-0.39, 0.29) is 12.0 Å². The molecular formula is C20H21N5O3. The van der Waals surface area contributed by atoms with Crippen molar-refractivity contribution in [3.8, 4) is 11.4 Å². The van der Waals surface area contributed by atoms with E-state index in [1.165, 1.54) is 0 Å². The van der Waals surface area contributed by atoms with E-state index in [1.807, 2.05) is 37.3 Å². The maximum absolute atomic E-state index is 12.7. The van der Waals surface area contributed by atoms with E-state index in [2.05, 4.69) is 20.8 Å². The van der Waals surface area contributed by atoms with Crippen molar-refractivity contribution in [1.82, 2.24) is 20.2 Å². The smallest absolute Gasteiger partial charge is 0.255 e. The number of hydrogen-bond acceptors (Lipinski definition) is 6. The molecule has 1 amide bonds. The van der Waals surface area contributed by atoms with Gasteiger partial charge in [0.15, 0.2) is 5.82 Å². The number of nitrogens with one attached hydrogen (secondary N) is 1. The first kappa shape index (κ1) is 18.1. The van der Waals surface area contributed by atoms with Crippen molar-refractivity contribution in [2.75, 3.05) is 18.5 Å². The predicted octanol–water partition coefficient (Wildman–Crippen LogP) is 2.78. The molecule has 1 saturated heterocycles. The molecule has 1 fully saturated rings. The van der Waals surface area contributed by atoms with Crippen LogP contribution in [0.2, 0.25) is 0 Å². The summed E-state index contributed by atoms with van der Waals surface area (Å²) in [7, 11) is 0. The van der Waals surface area contributed by atoms with Gasteiger partial charge in [0.1, 0.15) is 12.4 Å². The maximum Gasteiger partial charge on any atom is 0.255 e. The maximum atomic E-state index is 12.7. The lowest BCUT2D eigenvalue weighted by molar-refractivity contribution is 0.0679. The molecule has 0 radical (unpaired) electrons. The summed E-state index contributed by atoms with van der Waals surface area (Å²) in [5.74, 6) is 1.11. The molecule has 1 aromatic heterocycles. The zero-order valence-electron chi connectivity index (χ0n) is 15.5. The molecule has 8 heteroatoms. The number of ether oxygens (including phenoxy) is 2. The fourth-order valence-electron chi connectivity index (χ4n) is 3.08. The monoisotopic (exact) mass is 379 g/mol. The molecular weight excluding hydrogens is 358 g/mol. The van der Waals surface area contributed by atoms with E-state index in [0.717, 1.165) is 25.1 Å². The van der Waals surface area contributed by atoms with Gasteiger partial charge in [-0.1, -0.05) is 12.1 Å². The van der Waals surface area contributed by atoms with Crippen LogP contribution in [0.3, 0.4) is 0 Å². The summed E-state index contributed by atoms with van der Waals surface area (Å²) in [4.78, 5) is 12.7. The van der Waals surface area contributed by atoms with E-state index in [9.17, 15) is 4.79 Å². The lowest BCUT2D eigenvalue weighted by Gasteiger charge is -2.12. The van der Waals surface area contributed by atoms with Crippen LogP contribution in [0, 0.1) is 6.92 Å². The largest absolute Gasteiger partial charge is 0.491 e. The molecule has 8 nitrogen and oxygen atoms in total. The van der Waals surface area contributed by atoms with Crippen LogP contribution < -0.4 is 10.1 Å². The van der Waals surface area contributed by atoms with Gasteiger partial charge in [0.2, 0.25) is 0 Å². The third kappa shape index (κ3) is 4.17. The summed E-state index contributed by atoms with van der Waals surface area (Å²) in [5, 5.41) is 14.4. The van der Waals surface area contributed by atoms with Crippen LogP contribution in [-0.2, 0) is 4.74 Å². The minimum absolute atomic E-state index is 0.134. The first-order chi connectivity index (χ1) is 13.7. The van der Waals surface area contributed by atoms with Crippen molar-refractivity contribution in [3.63, 3.8) is 0 Å². The molecule has 1 N–H and O–H groups in total. The second-order valence-electron chi connectivity index (χ2n) is 6.62. The molecule has 0 bridgehead atoms. The number of benzene rings is 2. The number of tetrazole rings is 1. The van der Waals surface area contributed by atoms with Crippen LogP contribution in [0.1, 0.15) is 29.0 Å². The fourth-order valence-corrected chi connectivity index (χ4v) is 3.08. The van der Waals surface area contributed by atoms with E-state index in [0.29, 0.717) is 29.4 Å². The highest BCUT2D eigenvalue weighted by atomic mass is 16.5. The zero-order valence-corrected chi connectivity index (χ0v) is 15.5. The van der Waals surface area contributed by atoms with Crippen molar-refractivity contribution in [2.24, 2.45) is 0 Å². The highest BCUT2D eigenvalue weighted by Gasteiger charge is 2.16. The average Bonchev–Trinajstić information content (AvgIpc) is 3.38. The summed E-state index contributed by atoms with van der Waals surface area (Å²) < 4.78 is 12.9. The first-order valence-electron chi connectivity index (χ1n) is 9.20. The van der Waals surface area contributed by atoms with E-state index < -0.39 is 0 Å². The summed E-state index contributed by atoms with van der Waals surface area (Å²) in [6, 6.07) is 14.5. The molecule has 28 heavy (non-hydrogen) atoms. The summed E-state index contributed by atoms with van der Waals surface area (Å²) >= 11 is 0. The van der Waals surface area contributed by atoms with Gasteiger partial charge >= 0.3 is 0 Å². The van der Waals surface area contributed by atoms with Gasteiger partial charge in [0.05, 0.1) is 11.8 Å². The normalized spacial score (nSPS) is 16.1. The Balaban J connectivity index is 1.43. The Morgan fingerprint density at radius 3 is 2.96 bits per heavy atom. The third-order valence-corrected chi connectivity index (χ3v) is 4.53. The molecule has 0 spiro atoms. The number of carbonyl (C=O) groups is 1. The Labute approximate surface area is 162 Å². The minimum Gasteiger partial charge on any atom is -0.491 e. The molecule has 0 saturated carbocycles. The van der Waals surface area contributed by atoms with Crippen LogP contribution in [0.5, 0.6) is 5.75 Å². The molecule has 2 heterocycles. The highest BCUT2D eigenvalue weighted by Crippen LogP contribution is 2.19. The molecule has 1 aliphatic heterocycles. The number of hydrogen-bond donors (Lipinski definition) is 1. The third-order valence-electron chi connectivity index (χ3n) is 4.53. The van der Waals surface area contributed by atoms with Crippen molar-refractivity contribution < 1.29 is 14.3 Å². The van der Waals surface area contributed by atoms with Crippen LogP contribution in [-0.4, -0.2) is 45.4 Å². The van der Waals surface area contributed by atoms with Gasteiger partial charge in [-0.15, -0.1) is 5.10 Å². The summed E-state index contributed by atoms with van der Waals surface area (Å²) in [6.45, 7) is 3.10. The molecule has 2 aromatic carbocycles. The first-order valence-corrected chi connectivity index (χ1v) is 9.20. The van der Waals surface area contributed by atoms with Gasteiger partial charge in [-0.25, -0.2) is 0 Å². The van der Waals surface area contributed by atoms with Crippen molar-refractivity contribution in [1.29, 1.82) is 0 Å². The summed E-state index contributed by atoms with van der Waals surface area (Å²) in [6.07, 6.45) is 2.21. The molecule has 1 aliphatic rings. The lowest BCUT2D eigenvalue weighted by Crippen LogP contribution is -2.17. The number of nitrogens with zero attached hydrogens (tertiary/aromatic N) is 4. The van der Waals surface area contributed by atoms with Crippen LogP contribution in [0.25, 0.3) is 5.69 Å². The molecule has 4 rings (SSSR count). The number of rotatable bonds is 6. The van der Waals surface area contributed by atoms with Gasteiger partial charge in [0, 0.05) is 17.9 Å². The van der Waals surface area contributed by atoms with Crippen molar-refractivity contribution in [3.05, 3.63) is 59.9 Å². The quantitative estimate of drug-likeness (QED) is 0.708. The van der Waals surface area contributed by atoms with E-state index in [1.54, 1.807) is 22.9 Å². The fraction of sp³-hybridized carbons (Fsp3) is 0.300. The Morgan fingerprint density at radius 2 is 2.18 bits per heavy atom. The van der Waals surface area contributed by atoms with Gasteiger partial charge in [-0.05, 0) is 66.6 Å². The predicted molar refractivity (Wildman–Crippen MR) is 103 cm³/mol. The number of aromatic nitrogens is 4. The van der Waals surface area contributed by atoms with E-state index in [4.69, 9.17) is 9.47 Å². The van der Waals surface area contributed by atoms with Gasteiger partial charge < -0.3 is 14.8 Å². The van der Waals surface area contributed by atoms with Gasteiger partial charge in [-0.2, -0.15) is 4.68 Å².